The van der Waals surface area contributed by atoms with Crippen molar-refractivity contribution in [1.29, 1.82) is 0 Å². The molecule has 5 heteroatoms. The lowest BCUT2D eigenvalue weighted by Gasteiger charge is -2.16. The van der Waals surface area contributed by atoms with Crippen molar-refractivity contribution in [2.75, 3.05) is 23.9 Å². The summed E-state index contributed by atoms with van der Waals surface area (Å²) in [7, 11) is 1.91. The zero-order chi connectivity index (χ0) is 9.26. The van der Waals surface area contributed by atoms with E-state index in [1.807, 2.05) is 7.05 Å². The quantitative estimate of drug-likeness (QED) is 0.665. The SMILES string of the molecule is Cn1nncc1N1CCC(CCl)C1. The molecule has 4 nitrogen and oxygen atoms in total. The molecule has 72 valence electrons. The third-order valence-corrected chi connectivity index (χ3v) is 2.96. The van der Waals surface area contributed by atoms with Gasteiger partial charge in [0.2, 0.25) is 0 Å². The van der Waals surface area contributed by atoms with Gasteiger partial charge in [0, 0.05) is 26.0 Å². The van der Waals surface area contributed by atoms with E-state index in [9.17, 15) is 0 Å². The number of anilines is 1. The van der Waals surface area contributed by atoms with E-state index >= 15 is 0 Å². The highest BCUT2D eigenvalue weighted by molar-refractivity contribution is 6.18. The van der Waals surface area contributed by atoms with E-state index in [-0.39, 0.29) is 0 Å². The van der Waals surface area contributed by atoms with Gasteiger partial charge in [-0.1, -0.05) is 5.21 Å². The number of aromatic nitrogens is 3. The van der Waals surface area contributed by atoms with Crippen LogP contribution in [0.1, 0.15) is 6.42 Å². The van der Waals surface area contributed by atoms with E-state index < -0.39 is 0 Å². The molecule has 0 radical (unpaired) electrons. The van der Waals surface area contributed by atoms with Gasteiger partial charge in [0.05, 0.1) is 6.20 Å². The second kappa shape index (κ2) is 3.54. The fourth-order valence-corrected chi connectivity index (χ4v) is 1.99. The fraction of sp³-hybridized carbons (Fsp3) is 0.750. The van der Waals surface area contributed by atoms with Crippen LogP contribution in [0, 0.1) is 5.92 Å². The first-order valence-electron chi connectivity index (χ1n) is 4.47. The molecule has 0 aliphatic carbocycles. The Balaban J connectivity index is 2.08. The highest BCUT2D eigenvalue weighted by Crippen LogP contribution is 2.22. The van der Waals surface area contributed by atoms with Gasteiger partial charge in [-0.05, 0) is 12.3 Å². The molecule has 1 aliphatic rings. The molecule has 0 spiro atoms. The summed E-state index contributed by atoms with van der Waals surface area (Å²) in [4.78, 5) is 2.28. The zero-order valence-corrected chi connectivity index (χ0v) is 8.41. The van der Waals surface area contributed by atoms with Crippen LogP contribution in [0.15, 0.2) is 6.20 Å². The van der Waals surface area contributed by atoms with Crippen LogP contribution in [0.25, 0.3) is 0 Å². The maximum absolute atomic E-state index is 5.81. The van der Waals surface area contributed by atoms with Crippen molar-refractivity contribution in [3.05, 3.63) is 6.20 Å². The normalized spacial score (nSPS) is 22.6. The molecule has 13 heavy (non-hydrogen) atoms. The lowest BCUT2D eigenvalue weighted by molar-refractivity contribution is 0.660. The van der Waals surface area contributed by atoms with Crippen molar-refractivity contribution in [3.8, 4) is 0 Å². The summed E-state index contributed by atoms with van der Waals surface area (Å²) in [5.41, 5.74) is 0. The molecule has 0 amide bonds. The molecule has 1 atom stereocenters. The minimum Gasteiger partial charge on any atom is -0.355 e. The van der Waals surface area contributed by atoms with Gasteiger partial charge in [0.1, 0.15) is 5.82 Å². The summed E-state index contributed by atoms with van der Waals surface area (Å²) in [6.07, 6.45) is 2.98. The molecule has 2 rings (SSSR count). The summed E-state index contributed by atoms with van der Waals surface area (Å²) in [5, 5.41) is 7.76. The van der Waals surface area contributed by atoms with Crippen LogP contribution >= 0.6 is 11.6 Å². The molecule has 0 N–H and O–H groups in total. The molecule has 0 aromatic carbocycles. The topological polar surface area (TPSA) is 34.0 Å². The van der Waals surface area contributed by atoms with Gasteiger partial charge in [-0.3, -0.25) is 0 Å². The minimum absolute atomic E-state index is 0.622. The van der Waals surface area contributed by atoms with Crippen molar-refractivity contribution in [2.45, 2.75) is 6.42 Å². The highest BCUT2D eigenvalue weighted by atomic mass is 35.5. The Labute approximate surface area is 82.5 Å². The predicted molar refractivity (Wildman–Crippen MR) is 52.0 cm³/mol. The Bertz CT molecular complexity index is 285. The van der Waals surface area contributed by atoms with Crippen LogP contribution in [0.3, 0.4) is 0 Å². The second-order valence-electron chi connectivity index (χ2n) is 3.47. The van der Waals surface area contributed by atoms with E-state index in [1.165, 1.54) is 6.42 Å². The van der Waals surface area contributed by atoms with Gasteiger partial charge < -0.3 is 4.90 Å². The Morgan fingerprint density at radius 1 is 1.69 bits per heavy atom. The number of hydrogen-bond donors (Lipinski definition) is 0. The molecule has 1 aromatic rings. The Kier molecular flexibility index (Phi) is 2.40. The average Bonchev–Trinajstić information content (AvgIpc) is 2.71. The van der Waals surface area contributed by atoms with E-state index in [0.29, 0.717) is 5.92 Å². The number of hydrogen-bond acceptors (Lipinski definition) is 3. The number of aryl methyl sites for hydroxylation is 1. The van der Waals surface area contributed by atoms with E-state index in [2.05, 4.69) is 15.2 Å². The van der Waals surface area contributed by atoms with Gasteiger partial charge in [-0.25, -0.2) is 4.68 Å². The Morgan fingerprint density at radius 3 is 3.08 bits per heavy atom. The van der Waals surface area contributed by atoms with Crippen molar-refractivity contribution in [1.82, 2.24) is 15.0 Å². The molecule has 1 aromatic heterocycles. The largest absolute Gasteiger partial charge is 0.355 e. The van der Waals surface area contributed by atoms with Gasteiger partial charge in [-0.2, -0.15) is 0 Å². The molecule has 0 saturated carbocycles. The minimum atomic E-state index is 0.622. The number of rotatable bonds is 2. The lowest BCUT2D eigenvalue weighted by Crippen LogP contribution is -2.22. The van der Waals surface area contributed by atoms with Crippen LogP contribution in [-0.4, -0.2) is 34.0 Å². The van der Waals surface area contributed by atoms with Gasteiger partial charge >= 0.3 is 0 Å². The van der Waals surface area contributed by atoms with Gasteiger partial charge in [0.15, 0.2) is 0 Å². The fourth-order valence-electron chi connectivity index (χ4n) is 1.74. The monoisotopic (exact) mass is 200 g/mol. The van der Waals surface area contributed by atoms with Crippen molar-refractivity contribution in [3.63, 3.8) is 0 Å². The Morgan fingerprint density at radius 2 is 2.54 bits per heavy atom. The summed E-state index contributed by atoms with van der Waals surface area (Å²) in [6.45, 7) is 2.10. The molecule has 1 fully saturated rings. The third kappa shape index (κ3) is 1.63. The van der Waals surface area contributed by atoms with Crippen molar-refractivity contribution >= 4 is 17.4 Å². The molecule has 1 unspecified atom stereocenters. The summed E-state index contributed by atoms with van der Waals surface area (Å²) >= 11 is 5.81. The van der Waals surface area contributed by atoms with E-state index in [4.69, 9.17) is 11.6 Å². The number of halogens is 1. The van der Waals surface area contributed by atoms with Crippen molar-refractivity contribution < 1.29 is 0 Å². The first-order valence-corrected chi connectivity index (χ1v) is 5.00. The highest BCUT2D eigenvalue weighted by Gasteiger charge is 2.23. The standard InChI is InChI=1S/C8H13ClN4/c1-12-8(5-10-11-12)13-3-2-7(4-9)6-13/h5,7H,2-4,6H2,1H3. The molecule has 1 aliphatic heterocycles. The first kappa shape index (κ1) is 8.81. The van der Waals surface area contributed by atoms with Gasteiger partial charge in [0.25, 0.3) is 0 Å². The Hall–Kier alpha value is -0.770. The summed E-state index contributed by atoms with van der Waals surface area (Å²) in [5.74, 6) is 2.46. The van der Waals surface area contributed by atoms with Gasteiger partial charge in [-0.15, -0.1) is 16.7 Å². The molecule has 1 saturated heterocycles. The molecular weight excluding hydrogens is 188 g/mol. The molecular formula is C8H13ClN4. The molecule has 0 bridgehead atoms. The summed E-state index contributed by atoms with van der Waals surface area (Å²) in [6, 6.07) is 0. The third-order valence-electron chi connectivity index (χ3n) is 2.52. The van der Waals surface area contributed by atoms with Crippen molar-refractivity contribution in [2.24, 2.45) is 13.0 Å². The predicted octanol–water partition coefficient (Wildman–Crippen LogP) is 0.880. The maximum atomic E-state index is 5.81. The van der Waals surface area contributed by atoms with Crippen LogP contribution in [0.5, 0.6) is 0 Å². The van der Waals surface area contributed by atoms with Crippen LogP contribution in [0.4, 0.5) is 5.82 Å². The second-order valence-corrected chi connectivity index (χ2v) is 3.78. The first-order chi connectivity index (χ1) is 6.31. The van der Waals surface area contributed by atoms with Crippen LogP contribution in [0.2, 0.25) is 0 Å². The number of alkyl halides is 1. The smallest absolute Gasteiger partial charge is 0.147 e. The van der Waals surface area contributed by atoms with E-state index in [0.717, 1.165) is 24.8 Å². The lowest BCUT2D eigenvalue weighted by atomic mass is 10.2. The summed E-state index contributed by atoms with van der Waals surface area (Å²) < 4.78 is 1.80. The average molecular weight is 201 g/mol. The zero-order valence-electron chi connectivity index (χ0n) is 7.65. The van der Waals surface area contributed by atoms with Crippen LogP contribution in [-0.2, 0) is 7.05 Å². The molecule has 2 heterocycles. The maximum Gasteiger partial charge on any atom is 0.147 e. The number of nitrogens with zero attached hydrogens (tertiary/aromatic N) is 4. The van der Waals surface area contributed by atoms with E-state index in [1.54, 1.807) is 10.9 Å². The van der Waals surface area contributed by atoms with Crippen LogP contribution < -0.4 is 4.90 Å².